The highest BCUT2D eigenvalue weighted by molar-refractivity contribution is 7.17. The first-order chi connectivity index (χ1) is 7.42. The second-order valence-electron chi connectivity index (χ2n) is 4.00. The Hall–Kier alpha value is -1.21. The molecule has 7 heteroatoms. The van der Waals surface area contributed by atoms with E-state index >= 15 is 0 Å². The molecule has 16 heavy (non-hydrogen) atoms. The first kappa shape index (κ1) is 12.9. The van der Waals surface area contributed by atoms with Crippen molar-refractivity contribution in [2.24, 2.45) is 0 Å². The number of amides is 1. The van der Waals surface area contributed by atoms with Crippen molar-refractivity contribution in [2.75, 3.05) is 26.0 Å². The number of anilines is 1. The summed E-state index contributed by atoms with van der Waals surface area (Å²) in [6.07, 6.45) is 0. The van der Waals surface area contributed by atoms with Crippen molar-refractivity contribution < 1.29 is 9.90 Å². The van der Waals surface area contributed by atoms with Crippen molar-refractivity contribution in [3.05, 3.63) is 5.01 Å². The van der Waals surface area contributed by atoms with Crippen LogP contribution in [0.25, 0.3) is 0 Å². The number of aliphatic hydroxyl groups is 1. The Labute approximate surface area is 98.3 Å². The van der Waals surface area contributed by atoms with E-state index in [-0.39, 0.29) is 12.5 Å². The summed E-state index contributed by atoms with van der Waals surface area (Å²) < 4.78 is 0. The van der Waals surface area contributed by atoms with E-state index in [2.05, 4.69) is 15.5 Å². The number of rotatable bonds is 4. The Kier molecular flexibility index (Phi) is 3.82. The Balaban J connectivity index is 2.85. The Morgan fingerprint density at radius 3 is 2.62 bits per heavy atom. The van der Waals surface area contributed by atoms with E-state index in [1.54, 1.807) is 27.9 Å². The topological polar surface area (TPSA) is 78.4 Å². The minimum Gasteiger partial charge on any atom is -0.394 e. The molecule has 0 fully saturated rings. The van der Waals surface area contributed by atoms with Crippen LogP contribution in [0.4, 0.5) is 5.13 Å². The van der Waals surface area contributed by atoms with Gasteiger partial charge in [0.15, 0.2) is 0 Å². The van der Waals surface area contributed by atoms with Crippen molar-refractivity contribution in [3.8, 4) is 0 Å². The number of nitrogens with one attached hydrogen (secondary N) is 1. The van der Waals surface area contributed by atoms with Gasteiger partial charge in [-0.1, -0.05) is 11.3 Å². The highest BCUT2D eigenvalue weighted by Gasteiger charge is 2.29. The van der Waals surface area contributed by atoms with E-state index in [0.29, 0.717) is 10.1 Å². The zero-order chi connectivity index (χ0) is 12.3. The maximum atomic E-state index is 12.0. The standard InChI is InChI=1S/C9H16N4O2S/c1-9(2,5-14)13(4)7(15)6-11-12-8(10-3)16-6/h14H,5H2,1-4H3,(H,10,12). The molecule has 0 unspecified atom stereocenters. The third-order valence-corrected chi connectivity index (χ3v) is 3.35. The summed E-state index contributed by atoms with van der Waals surface area (Å²) in [6, 6.07) is 0. The fraction of sp³-hybridized carbons (Fsp3) is 0.667. The molecule has 0 aliphatic carbocycles. The van der Waals surface area contributed by atoms with E-state index < -0.39 is 5.54 Å². The van der Waals surface area contributed by atoms with Gasteiger partial charge in [0.25, 0.3) is 5.91 Å². The van der Waals surface area contributed by atoms with Gasteiger partial charge in [-0.2, -0.15) is 0 Å². The molecule has 1 rings (SSSR count). The van der Waals surface area contributed by atoms with E-state index in [4.69, 9.17) is 0 Å². The first-order valence-corrected chi connectivity index (χ1v) is 5.64. The molecule has 0 spiro atoms. The number of aliphatic hydroxyl groups excluding tert-OH is 1. The number of carbonyl (C=O) groups is 1. The minimum absolute atomic E-state index is 0.104. The molecule has 0 atom stereocenters. The molecule has 0 radical (unpaired) electrons. The first-order valence-electron chi connectivity index (χ1n) is 4.82. The zero-order valence-corrected chi connectivity index (χ0v) is 10.6. The zero-order valence-electron chi connectivity index (χ0n) is 9.81. The van der Waals surface area contributed by atoms with E-state index in [1.807, 2.05) is 0 Å². The van der Waals surface area contributed by atoms with Crippen LogP contribution in [-0.4, -0.2) is 52.4 Å². The van der Waals surface area contributed by atoms with Crippen LogP contribution >= 0.6 is 11.3 Å². The van der Waals surface area contributed by atoms with Gasteiger partial charge in [-0.25, -0.2) is 0 Å². The van der Waals surface area contributed by atoms with Crippen LogP contribution < -0.4 is 5.32 Å². The lowest BCUT2D eigenvalue weighted by Gasteiger charge is -2.33. The molecule has 0 aliphatic heterocycles. The van der Waals surface area contributed by atoms with Crippen molar-refractivity contribution in [2.45, 2.75) is 19.4 Å². The second-order valence-corrected chi connectivity index (χ2v) is 4.97. The number of hydrogen-bond acceptors (Lipinski definition) is 6. The summed E-state index contributed by atoms with van der Waals surface area (Å²) in [6.45, 7) is 3.46. The maximum absolute atomic E-state index is 12.0. The fourth-order valence-corrected chi connectivity index (χ4v) is 1.61. The van der Waals surface area contributed by atoms with Crippen LogP contribution in [0.3, 0.4) is 0 Å². The Bertz CT molecular complexity index is 377. The molecular weight excluding hydrogens is 228 g/mol. The molecule has 0 aliphatic rings. The average Bonchev–Trinajstić information content (AvgIpc) is 2.75. The number of aromatic nitrogens is 2. The van der Waals surface area contributed by atoms with Crippen LogP contribution in [0.2, 0.25) is 0 Å². The normalized spacial score (nSPS) is 11.3. The van der Waals surface area contributed by atoms with Gasteiger partial charge in [-0.05, 0) is 13.8 Å². The van der Waals surface area contributed by atoms with Crippen LogP contribution in [0, 0.1) is 0 Å². The quantitative estimate of drug-likeness (QED) is 0.802. The van der Waals surface area contributed by atoms with E-state index in [1.165, 1.54) is 16.2 Å². The molecule has 1 aromatic rings. The van der Waals surface area contributed by atoms with E-state index in [9.17, 15) is 9.90 Å². The SMILES string of the molecule is CNc1nnc(C(=O)N(C)C(C)(C)CO)s1. The summed E-state index contributed by atoms with van der Waals surface area (Å²) in [5.74, 6) is -0.238. The lowest BCUT2D eigenvalue weighted by atomic mass is 10.1. The monoisotopic (exact) mass is 244 g/mol. The van der Waals surface area contributed by atoms with Gasteiger partial charge in [0.1, 0.15) is 0 Å². The number of carbonyl (C=O) groups excluding carboxylic acids is 1. The fourth-order valence-electron chi connectivity index (χ4n) is 0.935. The summed E-state index contributed by atoms with van der Waals surface area (Å²) in [4.78, 5) is 13.4. The van der Waals surface area contributed by atoms with Crippen LogP contribution in [0.15, 0.2) is 0 Å². The van der Waals surface area contributed by atoms with Gasteiger partial charge in [-0.3, -0.25) is 4.79 Å². The van der Waals surface area contributed by atoms with Crippen molar-refractivity contribution in [1.29, 1.82) is 0 Å². The molecule has 90 valence electrons. The number of nitrogens with zero attached hydrogens (tertiary/aromatic N) is 3. The van der Waals surface area contributed by atoms with Crippen LogP contribution in [-0.2, 0) is 0 Å². The molecule has 6 nitrogen and oxygen atoms in total. The smallest absolute Gasteiger partial charge is 0.285 e. The molecule has 0 aromatic carbocycles. The predicted octanol–water partition coefficient (Wildman–Crippen LogP) is 0.423. The molecule has 1 amide bonds. The minimum atomic E-state index is -0.609. The number of hydrogen-bond donors (Lipinski definition) is 2. The Morgan fingerprint density at radius 1 is 1.56 bits per heavy atom. The maximum Gasteiger partial charge on any atom is 0.285 e. The van der Waals surface area contributed by atoms with Crippen LogP contribution in [0.5, 0.6) is 0 Å². The molecular formula is C9H16N4O2S. The molecule has 0 saturated carbocycles. The number of likely N-dealkylation sites (N-methyl/N-ethyl adjacent to an activating group) is 1. The van der Waals surface area contributed by atoms with Gasteiger partial charge in [0, 0.05) is 14.1 Å². The van der Waals surface area contributed by atoms with Gasteiger partial charge in [0.05, 0.1) is 12.1 Å². The van der Waals surface area contributed by atoms with Gasteiger partial charge < -0.3 is 15.3 Å². The lowest BCUT2D eigenvalue weighted by molar-refractivity contribution is 0.0472. The third-order valence-electron chi connectivity index (χ3n) is 2.42. The summed E-state index contributed by atoms with van der Waals surface area (Å²) in [5, 5.41) is 20.5. The molecule has 0 saturated heterocycles. The van der Waals surface area contributed by atoms with E-state index in [0.717, 1.165) is 0 Å². The largest absolute Gasteiger partial charge is 0.394 e. The average molecular weight is 244 g/mol. The van der Waals surface area contributed by atoms with Crippen LogP contribution in [0.1, 0.15) is 23.6 Å². The van der Waals surface area contributed by atoms with Gasteiger partial charge in [0.2, 0.25) is 10.1 Å². The lowest BCUT2D eigenvalue weighted by Crippen LogP contribution is -2.47. The van der Waals surface area contributed by atoms with Crippen molar-refractivity contribution in [1.82, 2.24) is 15.1 Å². The second kappa shape index (κ2) is 4.75. The predicted molar refractivity (Wildman–Crippen MR) is 62.7 cm³/mol. The summed E-state index contributed by atoms with van der Waals surface area (Å²) in [7, 11) is 3.36. The highest BCUT2D eigenvalue weighted by atomic mass is 32.1. The van der Waals surface area contributed by atoms with Gasteiger partial charge >= 0.3 is 0 Å². The van der Waals surface area contributed by atoms with Crippen molar-refractivity contribution in [3.63, 3.8) is 0 Å². The molecule has 2 N–H and O–H groups in total. The van der Waals surface area contributed by atoms with Gasteiger partial charge in [-0.15, -0.1) is 10.2 Å². The van der Waals surface area contributed by atoms with Crippen molar-refractivity contribution >= 4 is 22.4 Å². The highest BCUT2D eigenvalue weighted by Crippen LogP contribution is 2.19. The third kappa shape index (κ3) is 2.48. The summed E-state index contributed by atoms with van der Waals surface area (Å²) in [5.41, 5.74) is -0.609. The molecule has 1 heterocycles. The summed E-state index contributed by atoms with van der Waals surface area (Å²) >= 11 is 1.19. The Morgan fingerprint density at radius 2 is 2.19 bits per heavy atom. The molecule has 0 bridgehead atoms. The molecule has 1 aromatic heterocycles.